The van der Waals surface area contributed by atoms with Gasteiger partial charge >= 0.3 is 0 Å². The number of aryl methyl sites for hydroxylation is 1. The van der Waals surface area contributed by atoms with E-state index in [0.29, 0.717) is 12.1 Å². The summed E-state index contributed by atoms with van der Waals surface area (Å²) < 4.78 is 0. The van der Waals surface area contributed by atoms with E-state index in [4.69, 9.17) is 5.73 Å². The third-order valence-electron chi connectivity index (χ3n) is 2.82. The predicted molar refractivity (Wildman–Crippen MR) is 60.4 cm³/mol. The summed E-state index contributed by atoms with van der Waals surface area (Å²) in [6.45, 7) is 2.06. The lowest BCUT2D eigenvalue weighted by Crippen LogP contribution is -2.16. The van der Waals surface area contributed by atoms with Crippen molar-refractivity contribution in [2.24, 2.45) is 5.73 Å². The topological polar surface area (TPSA) is 43.1 Å². The van der Waals surface area contributed by atoms with Gasteiger partial charge in [0.2, 0.25) is 0 Å². The Kier molecular flexibility index (Phi) is 2.58. The van der Waals surface area contributed by atoms with Gasteiger partial charge in [-0.25, -0.2) is 0 Å². The fraction of sp³-hybridized carbons (Fsp3) is 0.308. The van der Waals surface area contributed by atoms with Crippen LogP contribution >= 0.6 is 0 Å². The highest BCUT2D eigenvalue weighted by molar-refractivity contribution is 5.91. The Morgan fingerprint density at radius 1 is 1.20 bits per heavy atom. The quantitative estimate of drug-likeness (QED) is 0.757. The molecule has 2 nitrogen and oxygen atoms in total. The van der Waals surface area contributed by atoms with E-state index in [-0.39, 0.29) is 11.7 Å². The average Bonchev–Trinajstić information content (AvgIpc) is 2.17. The molecule has 0 radical (unpaired) electrons. The van der Waals surface area contributed by atoms with Crippen LogP contribution in [0.15, 0.2) is 36.0 Å². The molecular weight excluding hydrogens is 186 g/mol. The Balaban J connectivity index is 2.22. The van der Waals surface area contributed by atoms with Crippen molar-refractivity contribution < 1.29 is 4.79 Å². The van der Waals surface area contributed by atoms with Crippen molar-refractivity contribution in [2.45, 2.75) is 25.7 Å². The normalized spacial score (nSPS) is 21.3. The Hall–Kier alpha value is -1.57. The van der Waals surface area contributed by atoms with E-state index in [9.17, 15) is 4.79 Å². The Morgan fingerprint density at radius 3 is 2.47 bits per heavy atom. The first-order chi connectivity index (χ1) is 7.15. The van der Waals surface area contributed by atoms with Crippen molar-refractivity contribution in [1.82, 2.24) is 0 Å². The van der Waals surface area contributed by atoms with Crippen LogP contribution in [0.25, 0.3) is 0 Å². The maximum absolute atomic E-state index is 11.4. The Morgan fingerprint density at radius 2 is 1.87 bits per heavy atom. The van der Waals surface area contributed by atoms with Crippen molar-refractivity contribution in [3.05, 3.63) is 47.2 Å². The molecule has 0 amide bonds. The van der Waals surface area contributed by atoms with Crippen molar-refractivity contribution >= 4 is 5.78 Å². The summed E-state index contributed by atoms with van der Waals surface area (Å²) in [6, 6.07) is 8.33. The van der Waals surface area contributed by atoms with Gasteiger partial charge in [-0.1, -0.05) is 29.8 Å². The second-order valence-electron chi connectivity index (χ2n) is 4.20. The highest BCUT2D eigenvalue weighted by Crippen LogP contribution is 2.29. The minimum absolute atomic E-state index is 0.143. The summed E-state index contributed by atoms with van der Waals surface area (Å²) in [5.74, 6) is 0.410. The first-order valence-corrected chi connectivity index (χ1v) is 5.20. The molecule has 1 aliphatic carbocycles. The first-order valence-electron chi connectivity index (χ1n) is 5.20. The van der Waals surface area contributed by atoms with Crippen LogP contribution in [0.3, 0.4) is 0 Å². The van der Waals surface area contributed by atoms with Crippen LogP contribution in [0.4, 0.5) is 0 Å². The van der Waals surface area contributed by atoms with Gasteiger partial charge < -0.3 is 5.73 Å². The SMILES string of the molecule is Cc1ccc([C@@H]2CC(=O)C=C(N)C2)cc1. The van der Waals surface area contributed by atoms with Crippen LogP contribution in [0, 0.1) is 6.92 Å². The van der Waals surface area contributed by atoms with Gasteiger partial charge in [0.25, 0.3) is 0 Å². The van der Waals surface area contributed by atoms with Crippen LogP contribution in [0.1, 0.15) is 29.9 Å². The molecule has 78 valence electrons. The van der Waals surface area contributed by atoms with Gasteiger partial charge in [-0.05, 0) is 30.9 Å². The molecule has 2 heteroatoms. The summed E-state index contributed by atoms with van der Waals surface area (Å²) >= 11 is 0. The number of carbonyl (C=O) groups is 1. The maximum Gasteiger partial charge on any atom is 0.158 e. The smallest absolute Gasteiger partial charge is 0.158 e. The third-order valence-corrected chi connectivity index (χ3v) is 2.82. The molecule has 1 aliphatic rings. The number of hydrogen-bond donors (Lipinski definition) is 1. The van der Waals surface area contributed by atoms with Crippen molar-refractivity contribution in [1.29, 1.82) is 0 Å². The molecule has 1 atom stereocenters. The highest BCUT2D eigenvalue weighted by atomic mass is 16.1. The first kappa shape index (κ1) is 9.97. The van der Waals surface area contributed by atoms with E-state index in [0.717, 1.165) is 6.42 Å². The molecule has 0 spiro atoms. The molecule has 0 aliphatic heterocycles. The number of allylic oxidation sites excluding steroid dienone is 2. The second-order valence-corrected chi connectivity index (χ2v) is 4.20. The van der Waals surface area contributed by atoms with Gasteiger partial charge in [-0.3, -0.25) is 4.79 Å². The van der Waals surface area contributed by atoms with E-state index in [1.807, 2.05) is 0 Å². The van der Waals surface area contributed by atoms with Crippen LogP contribution in [-0.2, 0) is 4.79 Å². The largest absolute Gasteiger partial charge is 0.402 e. The second kappa shape index (κ2) is 3.89. The lowest BCUT2D eigenvalue weighted by atomic mass is 9.85. The summed E-state index contributed by atoms with van der Waals surface area (Å²) in [6.07, 6.45) is 2.95. The number of rotatable bonds is 1. The summed E-state index contributed by atoms with van der Waals surface area (Å²) in [4.78, 5) is 11.4. The molecule has 0 unspecified atom stereocenters. The monoisotopic (exact) mass is 201 g/mol. The fourth-order valence-corrected chi connectivity index (χ4v) is 2.00. The Bertz CT molecular complexity index is 403. The molecule has 0 aromatic heterocycles. The zero-order valence-corrected chi connectivity index (χ0v) is 8.86. The van der Waals surface area contributed by atoms with Crippen LogP contribution in [0.2, 0.25) is 0 Å². The van der Waals surface area contributed by atoms with Crippen LogP contribution in [0.5, 0.6) is 0 Å². The number of benzene rings is 1. The molecule has 0 bridgehead atoms. The highest BCUT2D eigenvalue weighted by Gasteiger charge is 2.20. The van der Waals surface area contributed by atoms with Gasteiger partial charge in [0.1, 0.15) is 0 Å². The van der Waals surface area contributed by atoms with E-state index in [1.165, 1.54) is 11.1 Å². The van der Waals surface area contributed by atoms with E-state index >= 15 is 0 Å². The van der Waals surface area contributed by atoms with E-state index in [2.05, 4.69) is 31.2 Å². The van der Waals surface area contributed by atoms with Crippen molar-refractivity contribution in [2.75, 3.05) is 0 Å². The summed E-state index contributed by atoms with van der Waals surface area (Å²) in [7, 11) is 0. The molecule has 0 saturated heterocycles. The molecule has 2 N–H and O–H groups in total. The van der Waals surface area contributed by atoms with Gasteiger partial charge in [-0.15, -0.1) is 0 Å². The van der Waals surface area contributed by atoms with E-state index in [1.54, 1.807) is 6.08 Å². The zero-order valence-electron chi connectivity index (χ0n) is 8.86. The van der Waals surface area contributed by atoms with Gasteiger partial charge in [0.05, 0.1) is 0 Å². The van der Waals surface area contributed by atoms with Crippen molar-refractivity contribution in [3.63, 3.8) is 0 Å². The van der Waals surface area contributed by atoms with Gasteiger partial charge in [0, 0.05) is 12.1 Å². The minimum atomic E-state index is 0.143. The number of nitrogens with two attached hydrogens (primary N) is 1. The predicted octanol–water partition coefficient (Wildman–Crippen LogP) is 2.28. The lowest BCUT2D eigenvalue weighted by molar-refractivity contribution is -0.115. The number of ketones is 1. The summed E-state index contributed by atoms with van der Waals surface area (Å²) in [5.41, 5.74) is 8.88. The standard InChI is InChI=1S/C13H15NO/c1-9-2-4-10(5-3-9)11-6-12(14)8-13(15)7-11/h2-5,8,11H,6-7,14H2,1H3/t11-/m0/s1. The average molecular weight is 201 g/mol. The fourth-order valence-electron chi connectivity index (χ4n) is 2.00. The van der Waals surface area contributed by atoms with Crippen molar-refractivity contribution in [3.8, 4) is 0 Å². The lowest BCUT2D eigenvalue weighted by Gasteiger charge is -2.20. The molecule has 1 aromatic carbocycles. The maximum atomic E-state index is 11.4. The molecular formula is C13H15NO. The minimum Gasteiger partial charge on any atom is -0.402 e. The van der Waals surface area contributed by atoms with Crippen LogP contribution < -0.4 is 5.73 Å². The molecule has 0 fully saturated rings. The third kappa shape index (κ3) is 2.27. The molecule has 2 rings (SSSR count). The van der Waals surface area contributed by atoms with Crippen LogP contribution in [-0.4, -0.2) is 5.78 Å². The Labute approximate surface area is 89.8 Å². The van der Waals surface area contributed by atoms with Gasteiger partial charge in [0.15, 0.2) is 5.78 Å². The molecule has 15 heavy (non-hydrogen) atoms. The van der Waals surface area contributed by atoms with Gasteiger partial charge in [-0.2, -0.15) is 0 Å². The zero-order chi connectivity index (χ0) is 10.8. The number of hydrogen-bond acceptors (Lipinski definition) is 2. The molecule has 0 heterocycles. The number of carbonyl (C=O) groups excluding carboxylic acids is 1. The van der Waals surface area contributed by atoms with E-state index < -0.39 is 0 Å². The molecule has 1 aromatic rings. The molecule has 0 saturated carbocycles. The summed E-state index contributed by atoms with van der Waals surface area (Å²) in [5, 5.41) is 0.